The molecule has 0 radical (unpaired) electrons. The van der Waals surface area contributed by atoms with Crippen molar-refractivity contribution in [3.8, 4) is 5.69 Å². The summed E-state index contributed by atoms with van der Waals surface area (Å²) in [7, 11) is 0. The highest BCUT2D eigenvalue weighted by atomic mass is 16.6. The average molecular weight is 355 g/mol. The molecule has 132 valence electrons. The normalized spacial score (nSPS) is 11.3. The number of fused-ring (bicyclic) bond motifs is 1. The molecule has 0 unspecified atom stereocenters. The van der Waals surface area contributed by atoms with Crippen LogP contribution in [0.3, 0.4) is 0 Å². The smallest absolute Gasteiger partial charge is 0.269 e. The molecule has 0 fully saturated rings. The molecule has 0 saturated heterocycles. The Labute approximate surface area is 156 Å². The molecule has 0 saturated carbocycles. The van der Waals surface area contributed by atoms with Gasteiger partial charge >= 0.3 is 0 Å². The van der Waals surface area contributed by atoms with Gasteiger partial charge in [-0.15, -0.1) is 0 Å². The Morgan fingerprint density at radius 2 is 1.78 bits per heavy atom. The number of nitro benzene ring substituents is 1. The largest absolute Gasteiger partial charge is 0.316 e. The van der Waals surface area contributed by atoms with Crippen molar-refractivity contribution >= 4 is 28.4 Å². The number of hydrogen-bond acceptors (Lipinski definition) is 3. The topological polar surface area (TPSA) is 60.4 Å². The van der Waals surface area contributed by atoms with Crippen molar-refractivity contribution < 1.29 is 4.92 Å². The van der Waals surface area contributed by atoms with E-state index in [4.69, 9.17) is 0 Å². The van der Waals surface area contributed by atoms with Gasteiger partial charge in [0.15, 0.2) is 0 Å². The van der Waals surface area contributed by atoms with Crippen LogP contribution in [0.4, 0.5) is 11.4 Å². The summed E-state index contributed by atoms with van der Waals surface area (Å²) in [6.07, 6.45) is 3.78. The third kappa shape index (κ3) is 3.35. The molecule has 4 aromatic rings. The standard InChI is InChI=1S/C22H17N3O2/c1-16-13-20(25(26)27)10-11-22(16)23-15-21-7-4-12-24(21)19-9-8-17-5-2-3-6-18(17)14-19/h2-15H,1H3. The fourth-order valence-electron chi connectivity index (χ4n) is 3.09. The van der Waals surface area contributed by atoms with E-state index in [9.17, 15) is 10.1 Å². The number of hydrogen-bond donors (Lipinski definition) is 0. The molecule has 1 aromatic heterocycles. The van der Waals surface area contributed by atoms with Crippen LogP contribution in [0, 0.1) is 17.0 Å². The molecule has 5 heteroatoms. The van der Waals surface area contributed by atoms with Gasteiger partial charge in [-0.1, -0.05) is 30.3 Å². The first-order chi connectivity index (χ1) is 13.1. The van der Waals surface area contributed by atoms with Crippen molar-refractivity contribution in [2.75, 3.05) is 0 Å². The van der Waals surface area contributed by atoms with E-state index < -0.39 is 4.92 Å². The summed E-state index contributed by atoms with van der Waals surface area (Å²) in [6.45, 7) is 1.82. The molecule has 0 aliphatic rings. The van der Waals surface area contributed by atoms with Crippen LogP contribution >= 0.6 is 0 Å². The number of nitrogens with zero attached hydrogens (tertiary/aromatic N) is 3. The van der Waals surface area contributed by atoms with Gasteiger partial charge in [-0.3, -0.25) is 15.1 Å². The fraction of sp³-hybridized carbons (Fsp3) is 0.0455. The molecule has 0 amide bonds. The monoisotopic (exact) mass is 355 g/mol. The Bertz CT molecular complexity index is 1180. The van der Waals surface area contributed by atoms with E-state index in [0.29, 0.717) is 5.69 Å². The van der Waals surface area contributed by atoms with Gasteiger partial charge in [-0.25, -0.2) is 0 Å². The number of aromatic nitrogens is 1. The van der Waals surface area contributed by atoms with Crippen molar-refractivity contribution in [3.05, 3.63) is 100 Å². The van der Waals surface area contributed by atoms with E-state index in [2.05, 4.69) is 39.9 Å². The number of aryl methyl sites for hydroxylation is 1. The second kappa shape index (κ2) is 6.88. The van der Waals surface area contributed by atoms with Crippen LogP contribution in [0.1, 0.15) is 11.3 Å². The Kier molecular flexibility index (Phi) is 4.26. The lowest BCUT2D eigenvalue weighted by molar-refractivity contribution is -0.384. The number of aliphatic imine (C=N–C) groups is 1. The third-order valence-corrected chi connectivity index (χ3v) is 4.52. The van der Waals surface area contributed by atoms with Crippen molar-refractivity contribution in [1.29, 1.82) is 0 Å². The lowest BCUT2D eigenvalue weighted by atomic mass is 10.1. The maximum absolute atomic E-state index is 10.9. The van der Waals surface area contributed by atoms with E-state index in [1.165, 1.54) is 22.9 Å². The molecule has 0 N–H and O–H groups in total. The van der Waals surface area contributed by atoms with Gasteiger partial charge in [0, 0.05) is 24.0 Å². The van der Waals surface area contributed by atoms with E-state index >= 15 is 0 Å². The SMILES string of the molecule is Cc1cc([N+](=O)[O-])ccc1N=Cc1cccn1-c1ccc2ccccc2c1. The van der Waals surface area contributed by atoms with Gasteiger partial charge in [-0.2, -0.15) is 0 Å². The van der Waals surface area contributed by atoms with Gasteiger partial charge in [0.2, 0.25) is 0 Å². The first-order valence-electron chi connectivity index (χ1n) is 8.57. The Morgan fingerprint density at radius 1 is 0.963 bits per heavy atom. The second-order valence-electron chi connectivity index (χ2n) is 6.32. The highest BCUT2D eigenvalue weighted by Gasteiger charge is 2.08. The maximum atomic E-state index is 10.9. The third-order valence-electron chi connectivity index (χ3n) is 4.52. The first-order valence-corrected chi connectivity index (χ1v) is 8.57. The van der Waals surface area contributed by atoms with Crippen LogP contribution in [0.5, 0.6) is 0 Å². The Hall–Kier alpha value is -3.73. The molecular formula is C22H17N3O2. The van der Waals surface area contributed by atoms with Gasteiger partial charge in [-0.05, 0) is 53.6 Å². The quantitative estimate of drug-likeness (QED) is 0.272. The van der Waals surface area contributed by atoms with Crippen LogP contribution in [0.15, 0.2) is 84.0 Å². The van der Waals surface area contributed by atoms with E-state index in [0.717, 1.165) is 16.9 Å². The van der Waals surface area contributed by atoms with Gasteiger partial charge < -0.3 is 4.57 Å². The van der Waals surface area contributed by atoms with Gasteiger partial charge in [0.25, 0.3) is 5.69 Å². The molecule has 1 heterocycles. The van der Waals surface area contributed by atoms with E-state index in [1.54, 1.807) is 12.3 Å². The maximum Gasteiger partial charge on any atom is 0.269 e. The van der Waals surface area contributed by atoms with Crippen LogP contribution in [0.2, 0.25) is 0 Å². The van der Waals surface area contributed by atoms with Gasteiger partial charge in [0.1, 0.15) is 0 Å². The first kappa shape index (κ1) is 16.7. The summed E-state index contributed by atoms with van der Waals surface area (Å²) >= 11 is 0. The van der Waals surface area contributed by atoms with Crippen molar-refractivity contribution in [3.63, 3.8) is 0 Å². The number of nitro groups is 1. The van der Waals surface area contributed by atoms with Crippen molar-refractivity contribution in [2.45, 2.75) is 6.92 Å². The van der Waals surface area contributed by atoms with Crippen LogP contribution < -0.4 is 0 Å². The molecule has 0 bridgehead atoms. The molecule has 0 atom stereocenters. The highest BCUT2D eigenvalue weighted by molar-refractivity contribution is 5.86. The molecule has 0 aliphatic heterocycles. The minimum Gasteiger partial charge on any atom is -0.316 e. The predicted octanol–water partition coefficient (Wildman–Crippen LogP) is 5.60. The molecule has 4 rings (SSSR count). The lowest BCUT2D eigenvalue weighted by Crippen LogP contribution is -1.97. The minimum atomic E-state index is -0.397. The fourth-order valence-corrected chi connectivity index (χ4v) is 3.09. The minimum absolute atomic E-state index is 0.0750. The number of rotatable bonds is 4. The molecule has 3 aromatic carbocycles. The number of non-ortho nitro benzene ring substituents is 1. The summed E-state index contributed by atoms with van der Waals surface area (Å²) in [4.78, 5) is 15.0. The van der Waals surface area contributed by atoms with Crippen LogP contribution in [0.25, 0.3) is 16.5 Å². The summed E-state index contributed by atoms with van der Waals surface area (Å²) in [5, 5.41) is 13.2. The zero-order valence-electron chi connectivity index (χ0n) is 14.7. The second-order valence-corrected chi connectivity index (χ2v) is 6.32. The molecule has 0 aliphatic carbocycles. The summed E-state index contributed by atoms with van der Waals surface area (Å²) < 4.78 is 2.07. The average Bonchev–Trinajstić information content (AvgIpc) is 3.15. The number of benzene rings is 3. The highest BCUT2D eigenvalue weighted by Crippen LogP contribution is 2.24. The lowest BCUT2D eigenvalue weighted by Gasteiger charge is -2.08. The Morgan fingerprint density at radius 3 is 2.56 bits per heavy atom. The van der Waals surface area contributed by atoms with Gasteiger partial charge in [0.05, 0.1) is 22.5 Å². The van der Waals surface area contributed by atoms with Crippen molar-refractivity contribution in [2.24, 2.45) is 4.99 Å². The molecule has 5 nitrogen and oxygen atoms in total. The zero-order valence-corrected chi connectivity index (χ0v) is 14.7. The summed E-state index contributed by atoms with van der Waals surface area (Å²) in [6, 6.07) is 23.2. The summed E-state index contributed by atoms with van der Waals surface area (Å²) in [5.41, 5.74) is 3.55. The van der Waals surface area contributed by atoms with Crippen LogP contribution in [-0.2, 0) is 0 Å². The summed E-state index contributed by atoms with van der Waals surface area (Å²) in [5.74, 6) is 0. The van der Waals surface area contributed by atoms with Crippen LogP contribution in [-0.4, -0.2) is 15.7 Å². The predicted molar refractivity (Wildman–Crippen MR) is 108 cm³/mol. The van der Waals surface area contributed by atoms with Crippen molar-refractivity contribution in [1.82, 2.24) is 4.57 Å². The van der Waals surface area contributed by atoms with E-state index in [-0.39, 0.29) is 5.69 Å². The molecule has 27 heavy (non-hydrogen) atoms. The van der Waals surface area contributed by atoms with E-state index in [1.807, 2.05) is 37.4 Å². The molecule has 0 spiro atoms. The Balaban J connectivity index is 1.67. The molecular weight excluding hydrogens is 338 g/mol. The zero-order chi connectivity index (χ0) is 18.8.